The van der Waals surface area contributed by atoms with E-state index in [-0.39, 0.29) is 23.2 Å². The van der Waals surface area contributed by atoms with Crippen LogP contribution in [-0.2, 0) is 4.79 Å². The first kappa shape index (κ1) is 14.9. The molecule has 4 heteroatoms. The summed E-state index contributed by atoms with van der Waals surface area (Å²) in [5.74, 6) is 0.271. The van der Waals surface area contributed by atoms with Gasteiger partial charge in [0.05, 0.1) is 6.04 Å². The van der Waals surface area contributed by atoms with Gasteiger partial charge in [-0.25, -0.2) is 0 Å². The van der Waals surface area contributed by atoms with Crippen LogP contribution in [0.25, 0.3) is 0 Å². The predicted octanol–water partition coefficient (Wildman–Crippen LogP) is 2.57. The average molecular weight is 276 g/mol. The Hall–Kier alpha value is -1.55. The number of benzene rings is 1. The molecule has 1 aromatic carbocycles. The van der Waals surface area contributed by atoms with Crippen LogP contribution in [0.3, 0.4) is 0 Å². The Bertz CT molecular complexity index is 481. The fourth-order valence-corrected chi connectivity index (χ4v) is 2.95. The molecule has 0 heterocycles. The van der Waals surface area contributed by atoms with Crippen molar-refractivity contribution in [1.29, 1.82) is 0 Å². The highest BCUT2D eigenvalue weighted by molar-refractivity contribution is 5.77. The number of nitrogens with zero attached hydrogens (tertiary/aromatic N) is 1. The topological polar surface area (TPSA) is 66.6 Å². The summed E-state index contributed by atoms with van der Waals surface area (Å²) < 4.78 is 0. The molecular formula is C16H24N2O2. The van der Waals surface area contributed by atoms with Crippen LogP contribution in [0, 0.1) is 0 Å². The molecule has 1 aliphatic carbocycles. The molecule has 0 spiro atoms. The molecule has 0 radical (unpaired) electrons. The number of hydrogen-bond donors (Lipinski definition) is 2. The molecule has 3 N–H and O–H groups in total. The van der Waals surface area contributed by atoms with Gasteiger partial charge in [0, 0.05) is 24.6 Å². The maximum Gasteiger partial charge on any atom is 0.224 e. The normalized spacial score (nSPS) is 18.8. The summed E-state index contributed by atoms with van der Waals surface area (Å²) in [6.45, 7) is 1.92. The van der Waals surface area contributed by atoms with Crippen molar-refractivity contribution in [3.05, 3.63) is 29.8 Å². The van der Waals surface area contributed by atoms with Crippen LogP contribution < -0.4 is 5.73 Å². The summed E-state index contributed by atoms with van der Waals surface area (Å²) in [5.41, 5.74) is 6.70. The van der Waals surface area contributed by atoms with Crippen molar-refractivity contribution in [3.63, 3.8) is 0 Å². The number of carbonyl (C=O) groups excluding carboxylic acids is 1. The molecule has 2 rings (SSSR count). The average Bonchev–Trinajstić information content (AvgIpc) is 2.84. The molecular weight excluding hydrogens is 252 g/mol. The maximum absolute atomic E-state index is 12.4. The van der Waals surface area contributed by atoms with E-state index in [0.29, 0.717) is 6.42 Å². The Balaban J connectivity index is 2.05. The van der Waals surface area contributed by atoms with E-state index in [0.717, 1.165) is 31.2 Å². The standard InChI is InChI=1S/C16H24N2O2/c1-12(13-7-3-4-8-14(13)19)18(2)15(20)11-16(17)9-5-6-10-16/h3-4,7-8,12,19H,5-6,9-11,17H2,1-2H3. The summed E-state index contributed by atoms with van der Waals surface area (Å²) in [4.78, 5) is 14.1. The van der Waals surface area contributed by atoms with Crippen molar-refractivity contribution < 1.29 is 9.90 Å². The number of amides is 1. The number of carbonyl (C=O) groups is 1. The van der Waals surface area contributed by atoms with Crippen LogP contribution in [0.1, 0.15) is 50.6 Å². The van der Waals surface area contributed by atoms with Gasteiger partial charge < -0.3 is 15.7 Å². The van der Waals surface area contributed by atoms with Gasteiger partial charge in [0.2, 0.25) is 5.91 Å². The first-order chi connectivity index (χ1) is 9.43. The van der Waals surface area contributed by atoms with E-state index in [2.05, 4.69) is 0 Å². The zero-order valence-corrected chi connectivity index (χ0v) is 12.3. The third-order valence-electron chi connectivity index (χ3n) is 4.46. The van der Waals surface area contributed by atoms with Crippen LogP contribution in [0.5, 0.6) is 5.75 Å². The first-order valence-corrected chi connectivity index (χ1v) is 7.25. The van der Waals surface area contributed by atoms with E-state index in [1.807, 2.05) is 19.1 Å². The Kier molecular flexibility index (Phi) is 4.33. The van der Waals surface area contributed by atoms with E-state index in [1.165, 1.54) is 0 Å². The summed E-state index contributed by atoms with van der Waals surface area (Å²) in [5, 5.41) is 9.88. The summed E-state index contributed by atoms with van der Waals surface area (Å²) in [7, 11) is 1.78. The SMILES string of the molecule is CC(c1ccccc1O)N(C)C(=O)CC1(N)CCCC1. The lowest BCUT2D eigenvalue weighted by Gasteiger charge is -2.30. The molecule has 1 aromatic rings. The molecule has 4 nitrogen and oxygen atoms in total. The van der Waals surface area contributed by atoms with E-state index in [1.54, 1.807) is 24.1 Å². The third-order valence-corrected chi connectivity index (χ3v) is 4.46. The number of para-hydroxylation sites is 1. The lowest BCUT2D eigenvalue weighted by Crippen LogP contribution is -2.43. The molecule has 0 bridgehead atoms. The molecule has 0 saturated heterocycles. The molecule has 1 atom stereocenters. The number of phenols is 1. The van der Waals surface area contributed by atoms with Crippen molar-refractivity contribution in [3.8, 4) is 5.75 Å². The van der Waals surface area contributed by atoms with Gasteiger partial charge >= 0.3 is 0 Å². The van der Waals surface area contributed by atoms with E-state index in [4.69, 9.17) is 5.73 Å². The summed E-state index contributed by atoms with van der Waals surface area (Å²) in [6, 6.07) is 6.98. The van der Waals surface area contributed by atoms with Gasteiger partial charge in [0.15, 0.2) is 0 Å². The Morgan fingerprint density at radius 2 is 2.00 bits per heavy atom. The highest BCUT2D eigenvalue weighted by Crippen LogP contribution is 2.32. The number of rotatable bonds is 4. The van der Waals surface area contributed by atoms with Crippen molar-refractivity contribution in [2.75, 3.05) is 7.05 Å². The zero-order chi connectivity index (χ0) is 14.8. The highest BCUT2D eigenvalue weighted by atomic mass is 16.3. The van der Waals surface area contributed by atoms with Gasteiger partial charge in [0.25, 0.3) is 0 Å². The third kappa shape index (κ3) is 3.12. The number of nitrogens with two attached hydrogens (primary N) is 1. The minimum absolute atomic E-state index is 0.0464. The quantitative estimate of drug-likeness (QED) is 0.888. The molecule has 110 valence electrons. The number of aromatic hydroxyl groups is 1. The number of hydrogen-bond acceptors (Lipinski definition) is 3. The zero-order valence-electron chi connectivity index (χ0n) is 12.3. The molecule has 1 fully saturated rings. The Morgan fingerprint density at radius 1 is 1.40 bits per heavy atom. The van der Waals surface area contributed by atoms with Crippen LogP contribution in [0.15, 0.2) is 24.3 Å². The molecule has 1 amide bonds. The first-order valence-electron chi connectivity index (χ1n) is 7.25. The molecule has 1 aliphatic rings. The fraction of sp³-hybridized carbons (Fsp3) is 0.562. The van der Waals surface area contributed by atoms with Gasteiger partial charge in [-0.15, -0.1) is 0 Å². The highest BCUT2D eigenvalue weighted by Gasteiger charge is 2.33. The molecule has 1 saturated carbocycles. The minimum atomic E-state index is -0.330. The van der Waals surface area contributed by atoms with Crippen LogP contribution in [0.2, 0.25) is 0 Å². The molecule has 0 aliphatic heterocycles. The van der Waals surface area contributed by atoms with Crippen LogP contribution in [0.4, 0.5) is 0 Å². The van der Waals surface area contributed by atoms with Crippen LogP contribution >= 0.6 is 0 Å². The predicted molar refractivity (Wildman–Crippen MR) is 79.3 cm³/mol. The lowest BCUT2D eigenvalue weighted by molar-refractivity contribution is -0.133. The summed E-state index contributed by atoms with van der Waals surface area (Å²) >= 11 is 0. The van der Waals surface area contributed by atoms with Crippen molar-refractivity contribution in [2.45, 2.75) is 50.6 Å². The van der Waals surface area contributed by atoms with Gasteiger partial charge in [-0.05, 0) is 25.8 Å². The second kappa shape index (κ2) is 5.83. The monoisotopic (exact) mass is 276 g/mol. The van der Waals surface area contributed by atoms with Crippen molar-refractivity contribution in [1.82, 2.24) is 4.90 Å². The van der Waals surface area contributed by atoms with Gasteiger partial charge in [-0.2, -0.15) is 0 Å². The van der Waals surface area contributed by atoms with E-state index >= 15 is 0 Å². The molecule has 20 heavy (non-hydrogen) atoms. The van der Waals surface area contributed by atoms with E-state index < -0.39 is 0 Å². The lowest BCUT2D eigenvalue weighted by atomic mass is 9.93. The van der Waals surface area contributed by atoms with Gasteiger partial charge in [-0.3, -0.25) is 4.79 Å². The molecule has 1 unspecified atom stereocenters. The molecule has 0 aromatic heterocycles. The Labute approximate surface area is 120 Å². The largest absolute Gasteiger partial charge is 0.508 e. The smallest absolute Gasteiger partial charge is 0.224 e. The second-order valence-electron chi connectivity index (χ2n) is 5.99. The van der Waals surface area contributed by atoms with Gasteiger partial charge in [0.1, 0.15) is 5.75 Å². The fourth-order valence-electron chi connectivity index (χ4n) is 2.95. The minimum Gasteiger partial charge on any atom is -0.508 e. The maximum atomic E-state index is 12.4. The van der Waals surface area contributed by atoms with Gasteiger partial charge in [-0.1, -0.05) is 31.0 Å². The Morgan fingerprint density at radius 3 is 2.60 bits per heavy atom. The second-order valence-corrected chi connectivity index (χ2v) is 5.99. The van der Waals surface area contributed by atoms with Crippen molar-refractivity contribution >= 4 is 5.91 Å². The van der Waals surface area contributed by atoms with Crippen LogP contribution in [-0.4, -0.2) is 28.5 Å². The van der Waals surface area contributed by atoms with E-state index in [9.17, 15) is 9.90 Å². The van der Waals surface area contributed by atoms with Crippen molar-refractivity contribution in [2.24, 2.45) is 5.73 Å². The number of phenolic OH excluding ortho intramolecular Hbond substituents is 1. The summed E-state index contributed by atoms with van der Waals surface area (Å²) in [6.07, 6.45) is 4.47.